The molecule has 86 valence electrons. The molecule has 0 fully saturated rings. The van der Waals surface area contributed by atoms with Crippen LogP contribution in [-0.4, -0.2) is 0 Å². The number of benzene rings is 1. The Morgan fingerprint density at radius 3 is 2.47 bits per heavy atom. The predicted molar refractivity (Wildman–Crippen MR) is 71.8 cm³/mol. The van der Waals surface area contributed by atoms with Crippen molar-refractivity contribution >= 4 is 29.3 Å². The summed E-state index contributed by atoms with van der Waals surface area (Å²) in [4.78, 5) is 0. The van der Waals surface area contributed by atoms with Crippen LogP contribution < -0.4 is 4.57 Å². The molecule has 0 aliphatic heterocycles. The van der Waals surface area contributed by atoms with Gasteiger partial charge in [-0.05, 0) is 23.8 Å². The molecule has 0 atom stereocenters. The van der Waals surface area contributed by atoms with E-state index in [2.05, 4.69) is 6.58 Å². The normalized spacial score (nSPS) is 10.0. The van der Waals surface area contributed by atoms with Crippen molar-refractivity contribution in [3.05, 3.63) is 77.0 Å². The molecule has 0 aliphatic carbocycles. The summed E-state index contributed by atoms with van der Waals surface area (Å²) < 4.78 is 1.87. The second-order valence-electron chi connectivity index (χ2n) is 3.50. The van der Waals surface area contributed by atoms with E-state index in [-0.39, 0.29) is 0 Å². The summed E-state index contributed by atoms with van der Waals surface area (Å²) in [6.45, 7) is 3.77. The smallest absolute Gasteiger partial charge is 0.209 e. The summed E-state index contributed by atoms with van der Waals surface area (Å²) in [6, 6.07) is 13.2. The minimum atomic E-state index is 0.622. The Bertz CT molecular complexity index is 520. The summed E-state index contributed by atoms with van der Waals surface area (Å²) in [5.74, 6) is 0. The fraction of sp³-hybridized carbons (Fsp3) is 0. The molecule has 0 amide bonds. The Morgan fingerprint density at radius 2 is 1.82 bits per heavy atom. The Hall–Kier alpha value is -1.44. The highest BCUT2D eigenvalue weighted by Gasteiger charge is 2.14. The maximum absolute atomic E-state index is 6.36. The van der Waals surface area contributed by atoms with Gasteiger partial charge < -0.3 is 0 Å². The van der Waals surface area contributed by atoms with Gasteiger partial charge >= 0.3 is 0 Å². The Labute approximate surface area is 111 Å². The van der Waals surface area contributed by atoms with Gasteiger partial charge in [0.25, 0.3) is 0 Å². The van der Waals surface area contributed by atoms with Gasteiger partial charge in [0.15, 0.2) is 0 Å². The van der Waals surface area contributed by atoms with Gasteiger partial charge in [-0.25, -0.2) is 4.57 Å². The molecule has 1 nitrogen and oxygen atoms in total. The van der Waals surface area contributed by atoms with E-state index in [4.69, 9.17) is 23.2 Å². The Balaban J connectivity index is 2.39. The number of halogens is 2. The van der Waals surface area contributed by atoms with E-state index in [1.54, 1.807) is 6.08 Å². The van der Waals surface area contributed by atoms with Gasteiger partial charge in [-0.3, -0.25) is 0 Å². The quantitative estimate of drug-likeness (QED) is 0.584. The van der Waals surface area contributed by atoms with E-state index in [9.17, 15) is 0 Å². The van der Waals surface area contributed by atoms with Crippen molar-refractivity contribution in [1.82, 2.24) is 0 Å². The maximum Gasteiger partial charge on any atom is 0.209 e. The first kappa shape index (κ1) is 12.0. The maximum atomic E-state index is 6.36. The fourth-order valence-electron chi connectivity index (χ4n) is 1.53. The van der Waals surface area contributed by atoms with Crippen LogP contribution in [0.25, 0.3) is 6.08 Å². The molecule has 0 bridgehead atoms. The van der Waals surface area contributed by atoms with Gasteiger partial charge in [0.1, 0.15) is 11.9 Å². The van der Waals surface area contributed by atoms with Crippen LogP contribution >= 0.6 is 23.2 Å². The van der Waals surface area contributed by atoms with Crippen molar-refractivity contribution in [3.63, 3.8) is 0 Å². The lowest BCUT2D eigenvalue weighted by Gasteiger charge is -2.13. The molecule has 1 heterocycles. The lowest BCUT2D eigenvalue weighted by molar-refractivity contribution is -0.640. The highest BCUT2D eigenvalue weighted by molar-refractivity contribution is 6.30. The van der Waals surface area contributed by atoms with Crippen LogP contribution in [-0.2, 0) is 0 Å². The SMILES string of the molecule is C=Cc1cccc[n+]1[C-](Cl)c1ccc(Cl)cc1. The molecule has 2 rings (SSSR count). The van der Waals surface area contributed by atoms with E-state index in [0.29, 0.717) is 10.5 Å². The molecule has 0 aliphatic rings. The Kier molecular flexibility index (Phi) is 3.72. The number of pyridine rings is 1. The van der Waals surface area contributed by atoms with Gasteiger partial charge in [-0.15, -0.1) is 18.7 Å². The number of hydrogen-bond acceptors (Lipinski definition) is 0. The molecule has 17 heavy (non-hydrogen) atoms. The third kappa shape index (κ3) is 2.63. The van der Waals surface area contributed by atoms with E-state index >= 15 is 0 Å². The van der Waals surface area contributed by atoms with Crippen LogP contribution in [0.4, 0.5) is 0 Å². The van der Waals surface area contributed by atoms with Crippen LogP contribution in [0.15, 0.2) is 55.2 Å². The van der Waals surface area contributed by atoms with Crippen molar-refractivity contribution < 1.29 is 4.57 Å². The fourth-order valence-corrected chi connectivity index (χ4v) is 1.93. The third-order valence-corrected chi connectivity index (χ3v) is 3.05. The first-order valence-electron chi connectivity index (χ1n) is 5.14. The van der Waals surface area contributed by atoms with Crippen LogP contribution in [0.1, 0.15) is 11.3 Å². The summed E-state index contributed by atoms with van der Waals surface area (Å²) in [5, 5.41) is 0.695. The highest BCUT2D eigenvalue weighted by atomic mass is 35.5. The number of nitrogens with zero attached hydrogens (tertiary/aromatic N) is 1. The van der Waals surface area contributed by atoms with Gasteiger partial charge in [0.05, 0.1) is 0 Å². The topological polar surface area (TPSA) is 3.88 Å². The summed E-state index contributed by atoms with van der Waals surface area (Å²) in [6.07, 6.45) is 3.66. The summed E-state index contributed by atoms with van der Waals surface area (Å²) in [7, 11) is 0. The molecule has 3 heteroatoms. The van der Waals surface area contributed by atoms with E-state index in [1.165, 1.54) is 0 Å². The van der Waals surface area contributed by atoms with Crippen molar-refractivity contribution in [3.8, 4) is 0 Å². The standard InChI is InChI=1S/C14H11Cl2N/c1-2-13-5-3-4-10-17(13)14(16)11-6-8-12(15)9-7-11/h2-10H,1H2. The number of aromatic nitrogens is 1. The molecular weight excluding hydrogens is 253 g/mol. The minimum Gasteiger partial charge on any atom is -0.247 e. The molecule has 2 aromatic rings. The lowest BCUT2D eigenvalue weighted by atomic mass is 10.2. The zero-order chi connectivity index (χ0) is 12.3. The molecule has 0 saturated carbocycles. The number of hydrogen-bond donors (Lipinski definition) is 0. The molecule has 0 unspecified atom stereocenters. The lowest BCUT2D eigenvalue weighted by Crippen LogP contribution is -2.40. The minimum absolute atomic E-state index is 0.622. The zero-order valence-electron chi connectivity index (χ0n) is 9.11. The van der Waals surface area contributed by atoms with Crippen molar-refractivity contribution in [2.24, 2.45) is 0 Å². The van der Waals surface area contributed by atoms with Crippen LogP contribution in [0.5, 0.6) is 0 Å². The molecule has 0 spiro atoms. The van der Waals surface area contributed by atoms with Crippen LogP contribution in [0, 0.1) is 5.50 Å². The monoisotopic (exact) mass is 263 g/mol. The first-order chi connectivity index (χ1) is 8.22. The summed E-state index contributed by atoms with van der Waals surface area (Å²) in [5.41, 5.74) is 2.47. The van der Waals surface area contributed by atoms with Crippen molar-refractivity contribution in [2.75, 3.05) is 0 Å². The van der Waals surface area contributed by atoms with Gasteiger partial charge in [-0.1, -0.05) is 41.4 Å². The van der Waals surface area contributed by atoms with Gasteiger partial charge in [-0.2, -0.15) is 0 Å². The zero-order valence-corrected chi connectivity index (χ0v) is 10.6. The van der Waals surface area contributed by atoms with Crippen LogP contribution in [0.3, 0.4) is 0 Å². The average molecular weight is 264 g/mol. The summed E-state index contributed by atoms with van der Waals surface area (Å²) >= 11 is 12.2. The van der Waals surface area contributed by atoms with E-state index < -0.39 is 0 Å². The second-order valence-corrected chi connectivity index (χ2v) is 4.29. The van der Waals surface area contributed by atoms with E-state index in [1.807, 2.05) is 53.2 Å². The molecule has 1 aromatic heterocycles. The van der Waals surface area contributed by atoms with E-state index in [0.717, 1.165) is 11.3 Å². The Morgan fingerprint density at radius 1 is 1.12 bits per heavy atom. The number of rotatable bonds is 3. The highest BCUT2D eigenvalue weighted by Crippen LogP contribution is 2.19. The second kappa shape index (κ2) is 5.26. The first-order valence-corrected chi connectivity index (χ1v) is 5.90. The molecule has 0 saturated heterocycles. The van der Waals surface area contributed by atoms with Crippen LogP contribution in [0.2, 0.25) is 5.02 Å². The molecule has 0 radical (unpaired) electrons. The van der Waals surface area contributed by atoms with Gasteiger partial charge in [0, 0.05) is 5.02 Å². The molecular formula is C14H11Cl2N. The van der Waals surface area contributed by atoms with Crippen molar-refractivity contribution in [1.29, 1.82) is 0 Å². The third-order valence-electron chi connectivity index (χ3n) is 2.39. The predicted octanol–water partition coefficient (Wildman–Crippen LogP) is 3.90. The van der Waals surface area contributed by atoms with Crippen molar-refractivity contribution in [2.45, 2.75) is 0 Å². The largest absolute Gasteiger partial charge is 0.247 e. The van der Waals surface area contributed by atoms with Gasteiger partial charge in [0.2, 0.25) is 5.50 Å². The molecule has 1 aromatic carbocycles. The average Bonchev–Trinajstić information content (AvgIpc) is 2.39. The molecule has 0 N–H and O–H groups in total.